The summed E-state index contributed by atoms with van der Waals surface area (Å²) < 4.78 is 47.7. The van der Waals surface area contributed by atoms with Gasteiger partial charge in [-0.3, -0.25) is 0 Å². The Bertz CT molecular complexity index is 2040. The lowest BCUT2D eigenvalue weighted by atomic mass is 9.83. The van der Waals surface area contributed by atoms with Crippen molar-refractivity contribution in [3.05, 3.63) is 108 Å². The maximum Gasteiger partial charge on any atom is 0.410 e. The van der Waals surface area contributed by atoms with Gasteiger partial charge in [-0.1, -0.05) is 105 Å². The lowest BCUT2D eigenvalue weighted by molar-refractivity contribution is -0.384. The van der Waals surface area contributed by atoms with E-state index in [1.165, 1.54) is 7.05 Å². The van der Waals surface area contributed by atoms with Gasteiger partial charge in [-0.05, 0) is 29.5 Å². The highest BCUT2D eigenvalue weighted by Gasteiger charge is 2.56. The van der Waals surface area contributed by atoms with Gasteiger partial charge in [0.15, 0.2) is 18.9 Å². The first-order valence-corrected chi connectivity index (χ1v) is 22.4. The summed E-state index contributed by atoms with van der Waals surface area (Å²) in [6.07, 6.45) is -19.3. The third-order valence-corrected chi connectivity index (χ3v) is 12.8. The molecule has 1 aliphatic carbocycles. The predicted octanol–water partition coefficient (Wildman–Crippen LogP) is 1.65. The van der Waals surface area contributed by atoms with E-state index in [-0.39, 0.29) is 32.7 Å². The average Bonchev–Trinajstić information content (AvgIpc) is 3.33. The van der Waals surface area contributed by atoms with E-state index in [0.29, 0.717) is 11.1 Å². The van der Waals surface area contributed by atoms with Crippen LogP contribution >= 0.6 is 0 Å². The maximum absolute atomic E-state index is 13.6. The van der Waals surface area contributed by atoms with Gasteiger partial charge in [0.1, 0.15) is 62.5 Å². The van der Waals surface area contributed by atoms with Crippen LogP contribution in [0.15, 0.2) is 91.0 Å². The molecular formula is C47H61N3O17. The fraction of sp³-hybridized carbons (Fsp3) is 0.553. The summed E-state index contributed by atoms with van der Waals surface area (Å²) in [7, 11) is 1.35. The number of fused-ring (bicyclic) bond motifs is 1. The first-order valence-electron chi connectivity index (χ1n) is 22.4. The van der Waals surface area contributed by atoms with Gasteiger partial charge in [-0.25, -0.2) is 14.4 Å². The number of aliphatic hydroxyl groups excluding tert-OH is 6. The second-order valence-corrected chi connectivity index (χ2v) is 17.5. The molecule has 0 bridgehead atoms. The molecule has 0 aromatic heterocycles. The van der Waals surface area contributed by atoms with Crippen molar-refractivity contribution in [1.82, 2.24) is 15.5 Å². The van der Waals surface area contributed by atoms with Crippen LogP contribution < -0.4 is 10.6 Å². The molecule has 0 spiro atoms. The molecule has 3 saturated heterocycles. The van der Waals surface area contributed by atoms with Crippen molar-refractivity contribution in [2.45, 2.75) is 138 Å². The van der Waals surface area contributed by atoms with Crippen molar-refractivity contribution in [3.63, 3.8) is 0 Å². The molecule has 0 radical (unpaired) electrons. The number of likely N-dealkylation sites (N-methyl/N-ethyl adjacent to an activating group) is 1. The second kappa shape index (κ2) is 22.9. The van der Waals surface area contributed by atoms with E-state index >= 15 is 0 Å². The monoisotopic (exact) mass is 939 g/mol. The van der Waals surface area contributed by atoms with Crippen molar-refractivity contribution in [2.24, 2.45) is 11.8 Å². The molecule has 3 aromatic rings. The minimum Gasteiger partial charge on any atom is -0.445 e. The topological polar surface area (TPSA) is 274 Å². The van der Waals surface area contributed by atoms with E-state index in [4.69, 9.17) is 37.9 Å². The Balaban J connectivity index is 1.08. The Morgan fingerprint density at radius 2 is 1.15 bits per heavy atom. The van der Waals surface area contributed by atoms with E-state index in [1.807, 2.05) is 18.2 Å². The number of nitrogens with one attached hydrogen (secondary N) is 2. The van der Waals surface area contributed by atoms with E-state index in [0.717, 1.165) is 10.5 Å². The Labute approximate surface area is 387 Å². The Hall–Kier alpha value is -4.97. The molecule has 4 fully saturated rings. The molecule has 7 rings (SSSR count). The highest BCUT2D eigenvalue weighted by atomic mass is 16.8. The van der Waals surface area contributed by atoms with Crippen LogP contribution in [0.1, 0.15) is 43.4 Å². The molecule has 67 heavy (non-hydrogen) atoms. The van der Waals surface area contributed by atoms with Crippen molar-refractivity contribution < 1.29 is 82.9 Å². The number of amides is 3. The number of aliphatic hydroxyl groups is 6. The molecule has 3 amide bonds. The zero-order chi connectivity index (χ0) is 47.8. The number of hydrogen-bond acceptors (Lipinski definition) is 17. The van der Waals surface area contributed by atoms with Gasteiger partial charge in [-0.15, -0.1) is 0 Å². The lowest BCUT2D eigenvalue weighted by Gasteiger charge is -2.53. The molecule has 17 atom stereocenters. The third-order valence-electron chi connectivity index (χ3n) is 12.8. The largest absolute Gasteiger partial charge is 0.445 e. The number of ether oxygens (including phenoxy) is 8. The standard InChI is InChI=1S/C47H61N3O17/c1-25-19-32-41(37(54)34(50(3)47(59)62-24-29-17-11-6-12-18-29)43(63-32)67-44-39(56)35(52)26(2)33(21-51)64-44)66-42(25)65-40-31(49-46(58)61-23-28-15-9-5-10-16-28)20-30(36(53)38(40)55)48-45(57)60-22-27-13-7-4-8-14-27/h4-18,25-26,30-44,51-56H,19-24H2,1-3H3,(H,48,57)(H,49,58)/t25?,26-,30-,31?,32+,33?,34?,35+,36?,37?,38-,39?,40-,41?,42+,43?,44-/m1/s1. The van der Waals surface area contributed by atoms with E-state index < -0.39 is 129 Å². The van der Waals surface area contributed by atoms with Crippen molar-refractivity contribution in [2.75, 3.05) is 13.7 Å². The zero-order valence-corrected chi connectivity index (χ0v) is 37.3. The molecule has 366 valence electrons. The van der Waals surface area contributed by atoms with Crippen LogP contribution in [0, 0.1) is 11.8 Å². The van der Waals surface area contributed by atoms with Crippen LogP contribution in [0.2, 0.25) is 0 Å². The number of nitrogens with zero attached hydrogens (tertiary/aromatic N) is 1. The van der Waals surface area contributed by atoms with Gasteiger partial charge >= 0.3 is 18.3 Å². The van der Waals surface area contributed by atoms with Crippen LogP contribution in [0.5, 0.6) is 0 Å². The maximum atomic E-state index is 13.6. The molecule has 3 aliphatic heterocycles. The smallest absolute Gasteiger partial charge is 0.410 e. The van der Waals surface area contributed by atoms with Crippen LogP contribution in [-0.4, -0.2) is 159 Å². The van der Waals surface area contributed by atoms with Crippen molar-refractivity contribution in [1.29, 1.82) is 0 Å². The summed E-state index contributed by atoms with van der Waals surface area (Å²) in [6.45, 7) is 2.59. The summed E-state index contributed by atoms with van der Waals surface area (Å²) >= 11 is 0. The molecule has 8 N–H and O–H groups in total. The predicted molar refractivity (Wildman–Crippen MR) is 232 cm³/mol. The Kier molecular flexibility index (Phi) is 17.1. The summed E-state index contributed by atoms with van der Waals surface area (Å²) in [5.41, 5.74) is 2.12. The number of carbonyl (C=O) groups excluding carboxylic acids is 3. The minimum absolute atomic E-state index is 0.0623. The van der Waals surface area contributed by atoms with Crippen molar-refractivity contribution in [3.8, 4) is 0 Å². The van der Waals surface area contributed by atoms with Gasteiger partial charge in [0, 0.05) is 18.9 Å². The van der Waals surface area contributed by atoms with E-state index in [2.05, 4.69) is 10.6 Å². The Morgan fingerprint density at radius 3 is 1.70 bits per heavy atom. The molecule has 20 heteroatoms. The number of hydrogen-bond donors (Lipinski definition) is 8. The fourth-order valence-corrected chi connectivity index (χ4v) is 8.85. The highest BCUT2D eigenvalue weighted by Crippen LogP contribution is 2.40. The quantitative estimate of drug-likeness (QED) is 0.107. The normalized spacial score (nSPS) is 35.0. The molecule has 3 aromatic carbocycles. The van der Waals surface area contributed by atoms with Gasteiger partial charge in [0.05, 0.1) is 37.0 Å². The van der Waals surface area contributed by atoms with Crippen LogP contribution in [0.3, 0.4) is 0 Å². The number of benzene rings is 3. The minimum atomic E-state index is -1.73. The SMILES string of the molecule is CC1C[C@@H]2OC(O[C@H]3OC(CO)[C@@H](C)[C@H](O)C3O)C(N(C)C(=O)OCc3ccccc3)C(O)C2O[C@@H]1O[C@@H]1C(NC(=O)OCc2ccccc2)C[C@@H](NC(=O)OCc2ccccc2)C(O)[C@H]1O. The zero-order valence-electron chi connectivity index (χ0n) is 37.3. The van der Waals surface area contributed by atoms with Crippen LogP contribution in [0.4, 0.5) is 14.4 Å². The van der Waals surface area contributed by atoms with Crippen molar-refractivity contribution >= 4 is 18.3 Å². The third kappa shape index (κ3) is 12.2. The molecule has 3 heterocycles. The molecular weight excluding hydrogens is 879 g/mol. The van der Waals surface area contributed by atoms with Gasteiger partial charge in [-0.2, -0.15) is 0 Å². The average molecular weight is 940 g/mol. The van der Waals surface area contributed by atoms with E-state index in [1.54, 1.807) is 86.6 Å². The van der Waals surface area contributed by atoms with Gasteiger partial charge in [0.2, 0.25) is 0 Å². The Morgan fingerprint density at radius 1 is 0.612 bits per heavy atom. The molecule has 20 nitrogen and oxygen atoms in total. The van der Waals surface area contributed by atoms with Crippen LogP contribution in [0.25, 0.3) is 0 Å². The number of alkyl carbamates (subject to hydrolysis) is 2. The number of rotatable bonds is 14. The first kappa shape index (κ1) is 49.9. The molecule has 9 unspecified atom stereocenters. The number of carbonyl (C=O) groups is 3. The highest BCUT2D eigenvalue weighted by molar-refractivity contribution is 5.69. The first-order chi connectivity index (χ1) is 32.2. The summed E-state index contributed by atoms with van der Waals surface area (Å²) in [4.78, 5) is 41.0. The van der Waals surface area contributed by atoms with Gasteiger partial charge in [0.25, 0.3) is 0 Å². The van der Waals surface area contributed by atoms with Crippen LogP contribution in [-0.2, 0) is 57.7 Å². The fourth-order valence-electron chi connectivity index (χ4n) is 8.85. The summed E-state index contributed by atoms with van der Waals surface area (Å²) in [5, 5.41) is 72.4. The van der Waals surface area contributed by atoms with E-state index in [9.17, 15) is 45.0 Å². The second-order valence-electron chi connectivity index (χ2n) is 17.5. The molecule has 1 saturated carbocycles. The summed E-state index contributed by atoms with van der Waals surface area (Å²) in [6, 6.07) is 23.1. The van der Waals surface area contributed by atoms with Gasteiger partial charge < -0.3 is 84.1 Å². The molecule has 4 aliphatic rings. The lowest BCUT2D eigenvalue weighted by Crippen LogP contribution is -2.69. The summed E-state index contributed by atoms with van der Waals surface area (Å²) in [5.74, 6) is -1.23.